The zero-order valence-electron chi connectivity index (χ0n) is 17.3. The van der Waals surface area contributed by atoms with Crippen molar-refractivity contribution >= 4 is 22.6 Å². The molecule has 0 amide bonds. The first-order chi connectivity index (χ1) is 15.7. The molecule has 0 saturated carbocycles. The molecule has 0 aliphatic heterocycles. The van der Waals surface area contributed by atoms with Crippen LogP contribution in [0.2, 0.25) is 0 Å². The highest BCUT2D eigenvalue weighted by Gasteiger charge is 2.20. The van der Waals surface area contributed by atoms with Gasteiger partial charge in [-0.05, 0) is 33.6 Å². The van der Waals surface area contributed by atoms with Crippen LogP contribution in [0.25, 0.3) is 33.7 Å². The standard InChI is InChI=1S/C24H20N6O2/c1-31-27-20(18-13-11-17(12-14-18)16-7-3-2-4-8-16)15-30-21-10-6-5-9-19(21)26-24(30)22-23(25)29-32-28-22/h2-14H,15H2,1H3,(H2,25,29)/b27-20-. The van der Waals surface area contributed by atoms with E-state index >= 15 is 0 Å². The van der Waals surface area contributed by atoms with Crippen LogP contribution in [0, 0.1) is 0 Å². The number of nitrogen functional groups attached to an aromatic ring is 1. The van der Waals surface area contributed by atoms with Gasteiger partial charge in [0.15, 0.2) is 17.3 Å². The average Bonchev–Trinajstić information content (AvgIpc) is 3.42. The van der Waals surface area contributed by atoms with Crippen LogP contribution in [0.4, 0.5) is 5.82 Å². The highest BCUT2D eigenvalue weighted by atomic mass is 16.6. The molecular weight excluding hydrogens is 404 g/mol. The molecule has 0 saturated heterocycles. The minimum absolute atomic E-state index is 0.180. The van der Waals surface area contributed by atoms with Crippen LogP contribution >= 0.6 is 0 Å². The average molecular weight is 424 g/mol. The topological polar surface area (TPSA) is 104 Å². The van der Waals surface area contributed by atoms with E-state index in [0.717, 1.165) is 33.4 Å². The van der Waals surface area contributed by atoms with Gasteiger partial charge in [0.05, 0.1) is 17.6 Å². The second-order valence-corrected chi connectivity index (χ2v) is 7.17. The van der Waals surface area contributed by atoms with Crippen molar-refractivity contribution in [3.05, 3.63) is 84.4 Å². The zero-order valence-corrected chi connectivity index (χ0v) is 17.3. The van der Waals surface area contributed by atoms with Gasteiger partial charge in [-0.1, -0.05) is 71.9 Å². The number of imidazole rings is 1. The van der Waals surface area contributed by atoms with Gasteiger partial charge in [-0.25, -0.2) is 9.61 Å². The molecule has 5 rings (SSSR count). The van der Waals surface area contributed by atoms with Crippen LogP contribution in [0.5, 0.6) is 0 Å². The van der Waals surface area contributed by atoms with Gasteiger partial charge in [-0.2, -0.15) is 0 Å². The number of para-hydroxylation sites is 2. The fourth-order valence-electron chi connectivity index (χ4n) is 3.69. The molecule has 2 heterocycles. The minimum Gasteiger partial charge on any atom is -0.399 e. The predicted octanol–water partition coefficient (Wildman–Crippen LogP) is 4.39. The quantitative estimate of drug-likeness (QED) is 0.320. The lowest BCUT2D eigenvalue weighted by atomic mass is 10.0. The molecule has 32 heavy (non-hydrogen) atoms. The smallest absolute Gasteiger partial charge is 0.199 e. The van der Waals surface area contributed by atoms with Crippen molar-refractivity contribution < 1.29 is 9.47 Å². The molecule has 8 nitrogen and oxygen atoms in total. The number of rotatable bonds is 6. The number of benzene rings is 3. The highest BCUT2D eigenvalue weighted by molar-refractivity contribution is 6.01. The summed E-state index contributed by atoms with van der Waals surface area (Å²) in [6.07, 6.45) is 0. The lowest BCUT2D eigenvalue weighted by Gasteiger charge is -2.11. The van der Waals surface area contributed by atoms with Crippen LogP contribution in [-0.4, -0.2) is 32.7 Å². The Bertz CT molecular complexity index is 1390. The van der Waals surface area contributed by atoms with Crippen molar-refractivity contribution in [3.8, 4) is 22.6 Å². The summed E-state index contributed by atoms with van der Waals surface area (Å²) in [6.45, 7) is 0.390. The number of aromatic nitrogens is 4. The Balaban J connectivity index is 1.56. The van der Waals surface area contributed by atoms with E-state index in [-0.39, 0.29) is 5.82 Å². The lowest BCUT2D eigenvalue weighted by molar-refractivity contribution is 0.212. The van der Waals surface area contributed by atoms with E-state index < -0.39 is 0 Å². The Morgan fingerprint density at radius 2 is 1.66 bits per heavy atom. The van der Waals surface area contributed by atoms with E-state index in [9.17, 15) is 0 Å². The maximum atomic E-state index is 5.96. The van der Waals surface area contributed by atoms with Gasteiger partial charge in [0.25, 0.3) is 0 Å². The largest absolute Gasteiger partial charge is 0.399 e. The van der Waals surface area contributed by atoms with E-state index in [1.165, 1.54) is 7.11 Å². The van der Waals surface area contributed by atoms with Crippen LogP contribution < -0.4 is 5.73 Å². The maximum absolute atomic E-state index is 5.96. The second-order valence-electron chi connectivity index (χ2n) is 7.17. The van der Waals surface area contributed by atoms with Gasteiger partial charge in [0.1, 0.15) is 12.8 Å². The fraction of sp³-hybridized carbons (Fsp3) is 0.0833. The molecule has 0 spiro atoms. The predicted molar refractivity (Wildman–Crippen MR) is 123 cm³/mol. The van der Waals surface area contributed by atoms with Crippen LogP contribution in [-0.2, 0) is 11.4 Å². The third-order valence-corrected chi connectivity index (χ3v) is 5.21. The number of oxime groups is 1. The Morgan fingerprint density at radius 3 is 2.38 bits per heavy atom. The molecule has 3 aromatic carbocycles. The molecule has 158 valence electrons. The molecule has 0 atom stereocenters. The molecule has 8 heteroatoms. The molecule has 0 aliphatic carbocycles. The summed E-state index contributed by atoms with van der Waals surface area (Å²) in [7, 11) is 1.53. The summed E-state index contributed by atoms with van der Waals surface area (Å²) < 4.78 is 6.79. The van der Waals surface area contributed by atoms with E-state index in [4.69, 9.17) is 20.2 Å². The Morgan fingerprint density at radius 1 is 0.938 bits per heavy atom. The molecule has 0 fully saturated rings. The van der Waals surface area contributed by atoms with Crippen molar-refractivity contribution in [3.63, 3.8) is 0 Å². The van der Waals surface area contributed by atoms with Crippen molar-refractivity contribution in [2.45, 2.75) is 6.54 Å². The van der Waals surface area contributed by atoms with Crippen LogP contribution in [0.15, 0.2) is 88.6 Å². The molecule has 0 bridgehead atoms. The normalized spacial score (nSPS) is 11.7. The van der Waals surface area contributed by atoms with Crippen molar-refractivity contribution in [2.24, 2.45) is 5.16 Å². The number of nitrogens with two attached hydrogens (primary N) is 1. The van der Waals surface area contributed by atoms with E-state index in [1.807, 2.05) is 59.2 Å². The van der Waals surface area contributed by atoms with Gasteiger partial charge in [-0.15, -0.1) is 0 Å². The molecule has 5 aromatic rings. The van der Waals surface area contributed by atoms with Crippen molar-refractivity contribution in [1.29, 1.82) is 0 Å². The van der Waals surface area contributed by atoms with Crippen molar-refractivity contribution in [1.82, 2.24) is 19.9 Å². The monoisotopic (exact) mass is 424 g/mol. The number of nitrogens with zero attached hydrogens (tertiary/aromatic N) is 5. The molecular formula is C24H20N6O2. The summed E-state index contributed by atoms with van der Waals surface area (Å²) in [5.41, 5.74) is 12.0. The number of anilines is 1. The summed E-state index contributed by atoms with van der Waals surface area (Å²) in [4.78, 5) is 9.87. The lowest BCUT2D eigenvalue weighted by Crippen LogP contribution is -2.14. The first kappa shape index (κ1) is 19.5. The fourth-order valence-corrected chi connectivity index (χ4v) is 3.69. The molecule has 0 aliphatic rings. The summed E-state index contributed by atoms with van der Waals surface area (Å²) in [5, 5.41) is 11.9. The summed E-state index contributed by atoms with van der Waals surface area (Å²) >= 11 is 0. The highest BCUT2D eigenvalue weighted by Crippen LogP contribution is 2.27. The van der Waals surface area contributed by atoms with Crippen LogP contribution in [0.1, 0.15) is 5.56 Å². The Labute approximate surface area is 183 Å². The van der Waals surface area contributed by atoms with E-state index in [0.29, 0.717) is 18.1 Å². The molecule has 0 unspecified atom stereocenters. The van der Waals surface area contributed by atoms with E-state index in [1.54, 1.807) is 0 Å². The molecule has 2 aromatic heterocycles. The van der Waals surface area contributed by atoms with Gasteiger partial charge in [0.2, 0.25) is 0 Å². The first-order valence-electron chi connectivity index (χ1n) is 10.0. The van der Waals surface area contributed by atoms with Gasteiger partial charge < -0.3 is 15.1 Å². The summed E-state index contributed by atoms with van der Waals surface area (Å²) in [6, 6.07) is 26.2. The zero-order chi connectivity index (χ0) is 21.9. The van der Waals surface area contributed by atoms with Gasteiger partial charge >= 0.3 is 0 Å². The number of hydrogen-bond acceptors (Lipinski definition) is 7. The second kappa shape index (κ2) is 8.35. The van der Waals surface area contributed by atoms with E-state index in [2.05, 4.69) is 39.7 Å². The minimum atomic E-state index is 0.180. The van der Waals surface area contributed by atoms with Crippen LogP contribution in [0.3, 0.4) is 0 Å². The van der Waals surface area contributed by atoms with Gasteiger partial charge in [0, 0.05) is 5.56 Å². The SMILES string of the molecule is CO/N=C(/Cn1c(-c2nonc2N)nc2ccccc21)c1ccc(-c2ccccc2)cc1. The third-order valence-electron chi connectivity index (χ3n) is 5.21. The Hall–Kier alpha value is -4.46. The Kier molecular flexibility index (Phi) is 5.09. The third kappa shape index (κ3) is 3.58. The molecule has 0 radical (unpaired) electrons. The van der Waals surface area contributed by atoms with Crippen molar-refractivity contribution in [2.75, 3.05) is 12.8 Å². The summed E-state index contributed by atoms with van der Waals surface area (Å²) in [5.74, 6) is 0.730. The molecule has 2 N–H and O–H groups in total. The number of fused-ring (bicyclic) bond motifs is 1. The van der Waals surface area contributed by atoms with Gasteiger partial charge in [-0.3, -0.25) is 0 Å². The maximum Gasteiger partial charge on any atom is 0.199 e. The first-order valence-corrected chi connectivity index (χ1v) is 10.0. The number of hydrogen-bond donors (Lipinski definition) is 1.